The first-order valence-electron chi connectivity index (χ1n) is 8.68. The fourth-order valence-electron chi connectivity index (χ4n) is 3.28. The van der Waals surface area contributed by atoms with Crippen LogP contribution in [0.4, 0.5) is 11.7 Å². The van der Waals surface area contributed by atoms with Crippen LogP contribution in [0.5, 0.6) is 0 Å². The van der Waals surface area contributed by atoms with Gasteiger partial charge in [-0.1, -0.05) is 30.3 Å². The number of nitrogens with one attached hydrogen (secondary N) is 1. The molecule has 5 heteroatoms. The molecule has 1 amide bonds. The third-order valence-corrected chi connectivity index (χ3v) is 4.82. The second-order valence-electron chi connectivity index (χ2n) is 6.53. The lowest BCUT2D eigenvalue weighted by atomic mass is 9.96. The van der Waals surface area contributed by atoms with Gasteiger partial charge in [0, 0.05) is 24.7 Å². The Hall–Kier alpha value is -2.82. The molecule has 0 spiro atoms. The largest absolute Gasteiger partial charge is 0.423 e. The lowest BCUT2D eigenvalue weighted by molar-refractivity contribution is -0.120. The molecule has 4 rings (SSSR count). The SMILES string of the molecule is Cc1ccccc1NC(=O)C1CCN(c2nc3ccccc3o2)CC1. The smallest absolute Gasteiger partial charge is 0.298 e. The maximum Gasteiger partial charge on any atom is 0.298 e. The van der Waals surface area contributed by atoms with Crippen LogP contribution < -0.4 is 10.2 Å². The molecule has 1 aliphatic rings. The van der Waals surface area contributed by atoms with E-state index in [1.54, 1.807) is 0 Å². The van der Waals surface area contributed by atoms with Crippen LogP contribution in [0.3, 0.4) is 0 Å². The number of para-hydroxylation sites is 3. The maximum atomic E-state index is 12.5. The minimum Gasteiger partial charge on any atom is -0.423 e. The van der Waals surface area contributed by atoms with Gasteiger partial charge in [-0.15, -0.1) is 0 Å². The molecule has 0 radical (unpaired) electrons. The minimum absolute atomic E-state index is 0.0280. The van der Waals surface area contributed by atoms with Crippen LogP contribution >= 0.6 is 0 Å². The van der Waals surface area contributed by atoms with Gasteiger partial charge < -0.3 is 14.6 Å². The van der Waals surface area contributed by atoms with E-state index in [-0.39, 0.29) is 11.8 Å². The van der Waals surface area contributed by atoms with E-state index in [2.05, 4.69) is 15.2 Å². The lowest BCUT2D eigenvalue weighted by Crippen LogP contribution is -2.38. The van der Waals surface area contributed by atoms with E-state index in [0.29, 0.717) is 6.01 Å². The van der Waals surface area contributed by atoms with E-state index in [9.17, 15) is 4.79 Å². The van der Waals surface area contributed by atoms with E-state index < -0.39 is 0 Å². The Balaban J connectivity index is 1.39. The number of carbonyl (C=O) groups is 1. The first kappa shape index (κ1) is 15.7. The summed E-state index contributed by atoms with van der Waals surface area (Å²) in [5, 5.41) is 3.06. The van der Waals surface area contributed by atoms with Gasteiger partial charge in [0.25, 0.3) is 6.01 Å². The molecule has 0 bridgehead atoms. The molecular weight excluding hydrogens is 314 g/mol. The van der Waals surface area contributed by atoms with Crippen LogP contribution in [0, 0.1) is 12.8 Å². The number of anilines is 2. The number of rotatable bonds is 3. The summed E-state index contributed by atoms with van der Waals surface area (Å²) >= 11 is 0. The number of benzene rings is 2. The Morgan fingerprint density at radius 3 is 2.60 bits per heavy atom. The summed E-state index contributed by atoms with van der Waals surface area (Å²) in [5.41, 5.74) is 3.66. The van der Waals surface area contributed by atoms with Crippen LogP contribution in [0.2, 0.25) is 0 Å². The van der Waals surface area contributed by atoms with Crippen molar-refractivity contribution < 1.29 is 9.21 Å². The molecule has 1 saturated heterocycles. The van der Waals surface area contributed by atoms with Crippen molar-refractivity contribution in [3.05, 3.63) is 54.1 Å². The molecule has 1 fully saturated rings. The number of hydrogen-bond donors (Lipinski definition) is 1. The van der Waals surface area contributed by atoms with E-state index >= 15 is 0 Å². The quantitative estimate of drug-likeness (QED) is 0.786. The van der Waals surface area contributed by atoms with Crippen molar-refractivity contribution in [1.29, 1.82) is 0 Å². The van der Waals surface area contributed by atoms with Gasteiger partial charge >= 0.3 is 0 Å². The summed E-state index contributed by atoms with van der Waals surface area (Å²) < 4.78 is 5.83. The van der Waals surface area contributed by atoms with Crippen molar-refractivity contribution in [1.82, 2.24) is 4.98 Å². The topological polar surface area (TPSA) is 58.4 Å². The summed E-state index contributed by atoms with van der Waals surface area (Å²) in [6.45, 7) is 3.56. The van der Waals surface area contributed by atoms with Gasteiger partial charge in [-0.25, -0.2) is 0 Å². The van der Waals surface area contributed by atoms with E-state index in [1.165, 1.54) is 0 Å². The zero-order valence-electron chi connectivity index (χ0n) is 14.2. The van der Waals surface area contributed by atoms with Gasteiger partial charge in [-0.05, 0) is 43.5 Å². The van der Waals surface area contributed by atoms with Crippen molar-refractivity contribution >= 4 is 28.7 Å². The normalized spacial score (nSPS) is 15.5. The van der Waals surface area contributed by atoms with Gasteiger partial charge in [-0.2, -0.15) is 4.98 Å². The number of carbonyl (C=O) groups excluding carboxylic acids is 1. The van der Waals surface area contributed by atoms with Crippen LogP contribution in [0.15, 0.2) is 52.9 Å². The highest BCUT2D eigenvalue weighted by atomic mass is 16.4. The predicted octanol–water partition coefficient (Wildman–Crippen LogP) is 3.99. The summed E-state index contributed by atoms with van der Waals surface area (Å²) in [6, 6.07) is 16.3. The molecule has 0 atom stereocenters. The van der Waals surface area contributed by atoms with Crippen LogP contribution in [-0.2, 0) is 4.79 Å². The number of aromatic nitrogens is 1. The molecule has 5 nitrogen and oxygen atoms in total. The Bertz CT molecular complexity index is 862. The Labute approximate surface area is 146 Å². The second-order valence-corrected chi connectivity index (χ2v) is 6.53. The number of fused-ring (bicyclic) bond motifs is 1. The number of amides is 1. The van der Waals surface area contributed by atoms with Crippen molar-refractivity contribution in [2.75, 3.05) is 23.3 Å². The molecule has 3 aromatic rings. The predicted molar refractivity (Wildman–Crippen MR) is 98.8 cm³/mol. The van der Waals surface area contributed by atoms with Crippen molar-refractivity contribution in [2.45, 2.75) is 19.8 Å². The van der Waals surface area contributed by atoms with Crippen molar-refractivity contribution in [2.24, 2.45) is 5.92 Å². The molecule has 0 aliphatic carbocycles. The fraction of sp³-hybridized carbons (Fsp3) is 0.300. The highest BCUT2D eigenvalue weighted by Gasteiger charge is 2.27. The highest BCUT2D eigenvalue weighted by molar-refractivity contribution is 5.93. The second kappa shape index (κ2) is 6.59. The number of aryl methyl sites for hydroxylation is 1. The average Bonchev–Trinajstić information content (AvgIpc) is 3.08. The standard InChI is InChI=1S/C20H21N3O2/c1-14-6-2-3-7-16(14)21-19(24)15-10-12-23(13-11-15)20-22-17-8-4-5-9-18(17)25-20/h2-9,15H,10-13H2,1H3,(H,21,24). The Morgan fingerprint density at radius 1 is 1.12 bits per heavy atom. The molecule has 1 aromatic heterocycles. The molecule has 25 heavy (non-hydrogen) atoms. The highest BCUT2D eigenvalue weighted by Crippen LogP contribution is 2.27. The summed E-state index contributed by atoms with van der Waals surface area (Å²) in [5.74, 6) is 0.131. The number of piperidine rings is 1. The number of hydrogen-bond acceptors (Lipinski definition) is 4. The molecule has 0 unspecified atom stereocenters. The van der Waals surface area contributed by atoms with Crippen LogP contribution in [0.1, 0.15) is 18.4 Å². The summed E-state index contributed by atoms with van der Waals surface area (Å²) in [6.07, 6.45) is 1.60. The zero-order chi connectivity index (χ0) is 17.2. The zero-order valence-corrected chi connectivity index (χ0v) is 14.2. The first-order valence-corrected chi connectivity index (χ1v) is 8.68. The maximum absolute atomic E-state index is 12.5. The van der Waals surface area contributed by atoms with Crippen molar-refractivity contribution in [3.63, 3.8) is 0 Å². The molecular formula is C20H21N3O2. The molecule has 1 N–H and O–H groups in total. The Kier molecular flexibility index (Phi) is 4.14. The summed E-state index contributed by atoms with van der Waals surface area (Å²) in [7, 11) is 0. The monoisotopic (exact) mass is 335 g/mol. The van der Waals surface area contributed by atoms with Crippen molar-refractivity contribution in [3.8, 4) is 0 Å². The number of oxazole rings is 1. The third-order valence-electron chi connectivity index (χ3n) is 4.82. The fourth-order valence-corrected chi connectivity index (χ4v) is 3.28. The van der Waals surface area contributed by atoms with Crippen LogP contribution in [0.25, 0.3) is 11.1 Å². The number of nitrogens with zero attached hydrogens (tertiary/aromatic N) is 2. The third kappa shape index (κ3) is 3.22. The first-order chi connectivity index (χ1) is 12.2. The Morgan fingerprint density at radius 2 is 1.84 bits per heavy atom. The van der Waals surface area contributed by atoms with Crippen LogP contribution in [-0.4, -0.2) is 24.0 Å². The summed E-state index contributed by atoms with van der Waals surface area (Å²) in [4.78, 5) is 19.2. The molecule has 2 aromatic carbocycles. The van der Waals surface area contributed by atoms with Gasteiger partial charge in [0.2, 0.25) is 5.91 Å². The molecule has 0 saturated carbocycles. The van der Waals surface area contributed by atoms with E-state index in [1.807, 2.05) is 55.5 Å². The van der Waals surface area contributed by atoms with Gasteiger partial charge in [0.1, 0.15) is 5.52 Å². The van der Waals surface area contributed by atoms with Gasteiger partial charge in [-0.3, -0.25) is 4.79 Å². The van der Waals surface area contributed by atoms with Gasteiger partial charge in [0.15, 0.2) is 5.58 Å². The molecule has 128 valence electrons. The molecule has 2 heterocycles. The van der Waals surface area contributed by atoms with E-state index in [4.69, 9.17) is 4.42 Å². The minimum atomic E-state index is 0.0280. The average molecular weight is 335 g/mol. The lowest BCUT2D eigenvalue weighted by Gasteiger charge is -2.30. The van der Waals surface area contributed by atoms with Gasteiger partial charge in [0.05, 0.1) is 0 Å². The van der Waals surface area contributed by atoms with E-state index in [0.717, 1.165) is 48.3 Å². The molecule has 1 aliphatic heterocycles.